The van der Waals surface area contributed by atoms with Crippen molar-refractivity contribution in [1.82, 2.24) is 0 Å². The lowest BCUT2D eigenvalue weighted by Gasteiger charge is -2.28. The van der Waals surface area contributed by atoms with Crippen molar-refractivity contribution in [1.29, 1.82) is 0 Å². The van der Waals surface area contributed by atoms with Gasteiger partial charge in [0.25, 0.3) is 0 Å². The molecule has 0 amide bonds. The van der Waals surface area contributed by atoms with Gasteiger partial charge >= 0.3 is 0 Å². The second-order valence-electron chi connectivity index (χ2n) is 4.81. The van der Waals surface area contributed by atoms with Gasteiger partial charge in [0.15, 0.2) is 18.9 Å². The lowest BCUT2D eigenvalue weighted by atomic mass is 10.2. The van der Waals surface area contributed by atoms with E-state index < -0.39 is 0 Å². The fourth-order valence-electron chi connectivity index (χ4n) is 2.38. The third-order valence-electron chi connectivity index (χ3n) is 3.46. The van der Waals surface area contributed by atoms with Crippen LogP contribution in [0.5, 0.6) is 0 Å². The molecule has 0 N–H and O–H groups in total. The molecule has 4 heteroatoms. The highest BCUT2D eigenvalue weighted by atomic mass is 127. The lowest BCUT2D eigenvalue weighted by molar-refractivity contribution is -0.688. The Morgan fingerprint density at radius 1 is 0.950 bits per heavy atom. The number of ether oxygens (including phenoxy) is 1. The molecule has 2 heterocycles. The van der Waals surface area contributed by atoms with E-state index in [4.69, 9.17) is 4.74 Å². The van der Waals surface area contributed by atoms with Gasteiger partial charge in [-0.2, -0.15) is 0 Å². The zero-order chi connectivity index (χ0) is 12.9. The second-order valence-corrected chi connectivity index (χ2v) is 4.81. The van der Waals surface area contributed by atoms with Crippen LogP contribution in [0.4, 0.5) is 5.69 Å². The van der Waals surface area contributed by atoms with E-state index in [1.807, 2.05) is 0 Å². The average molecular weight is 382 g/mol. The van der Waals surface area contributed by atoms with Crippen molar-refractivity contribution in [2.45, 2.75) is 6.54 Å². The molecule has 3 nitrogen and oxygen atoms in total. The number of hydrogen-bond acceptors (Lipinski definition) is 2. The van der Waals surface area contributed by atoms with Gasteiger partial charge in [-0.05, 0) is 0 Å². The standard InChI is InChI=1S/C16H19N2O.HI/c1-2-4-15(5-3-1)14-17-8-6-16(7-9-17)18-10-12-19-13-11-18;/h1-9H,10-14H2;1H/q+1;/p-1. The highest BCUT2D eigenvalue weighted by Gasteiger charge is 2.12. The van der Waals surface area contributed by atoms with Gasteiger partial charge in [-0.3, -0.25) is 0 Å². The van der Waals surface area contributed by atoms with Crippen molar-refractivity contribution >= 4 is 5.69 Å². The first-order chi connectivity index (χ1) is 9.42. The third kappa shape index (κ3) is 3.93. The van der Waals surface area contributed by atoms with Crippen LogP contribution in [-0.4, -0.2) is 26.3 Å². The van der Waals surface area contributed by atoms with Crippen LogP contribution in [0.25, 0.3) is 0 Å². The molecular weight excluding hydrogens is 363 g/mol. The van der Waals surface area contributed by atoms with Gasteiger partial charge in [0, 0.05) is 36.5 Å². The lowest BCUT2D eigenvalue weighted by Crippen LogP contribution is -3.00. The van der Waals surface area contributed by atoms with Crippen LogP contribution in [-0.2, 0) is 11.3 Å². The molecule has 2 aromatic rings. The van der Waals surface area contributed by atoms with Crippen LogP contribution in [0.15, 0.2) is 54.9 Å². The Balaban J connectivity index is 0.00000147. The first-order valence-corrected chi connectivity index (χ1v) is 6.77. The number of pyridine rings is 1. The van der Waals surface area contributed by atoms with E-state index in [-0.39, 0.29) is 24.0 Å². The Bertz CT molecular complexity index is 510. The molecule has 1 aliphatic rings. The molecule has 1 aromatic heterocycles. The Morgan fingerprint density at radius 2 is 1.60 bits per heavy atom. The van der Waals surface area contributed by atoms with Crippen molar-refractivity contribution in [3.63, 3.8) is 0 Å². The Kier molecular flexibility index (Phi) is 5.79. The number of rotatable bonds is 3. The van der Waals surface area contributed by atoms with E-state index >= 15 is 0 Å². The quantitative estimate of drug-likeness (QED) is 0.493. The second kappa shape index (κ2) is 7.59. The van der Waals surface area contributed by atoms with Gasteiger partial charge in [0.1, 0.15) is 0 Å². The molecule has 0 atom stereocenters. The highest BCUT2D eigenvalue weighted by Crippen LogP contribution is 2.13. The molecule has 0 bridgehead atoms. The molecule has 106 valence electrons. The summed E-state index contributed by atoms with van der Waals surface area (Å²) in [6.45, 7) is 4.56. The Hall–Kier alpha value is -1.14. The molecule has 1 aromatic carbocycles. The van der Waals surface area contributed by atoms with E-state index in [9.17, 15) is 0 Å². The molecule has 1 saturated heterocycles. The molecule has 3 rings (SSSR count). The number of benzene rings is 1. The summed E-state index contributed by atoms with van der Waals surface area (Å²) in [5.41, 5.74) is 2.61. The predicted octanol–water partition coefficient (Wildman–Crippen LogP) is -1.14. The SMILES string of the molecule is [I-].c1ccc(C[n+]2ccc(N3CCOCC3)cc2)cc1. The molecule has 0 unspecified atom stereocenters. The minimum atomic E-state index is 0. The summed E-state index contributed by atoms with van der Waals surface area (Å²) < 4.78 is 7.58. The number of aromatic nitrogens is 1. The molecular formula is C16H19IN2O. The topological polar surface area (TPSA) is 16.4 Å². The van der Waals surface area contributed by atoms with Crippen molar-refractivity contribution in [2.24, 2.45) is 0 Å². The van der Waals surface area contributed by atoms with Crippen LogP contribution in [0.3, 0.4) is 0 Å². The van der Waals surface area contributed by atoms with Crippen LogP contribution in [0.2, 0.25) is 0 Å². The summed E-state index contributed by atoms with van der Waals surface area (Å²) in [5.74, 6) is 0. The Labute approximate surface area is 137 Å². The van der Waals surface area contributed by atoms with Gasteiger partial charge in [0.2, 0.25) is 0 Å². The van der Waals surface area contributed by atoms with Crippen molar-refractivity contribution in [3.8, 4) is 0 Å². The molecule has 1 fully saturated rings. The normalized spacial score (nSPS) is 14.7. The fourth-order valence-corrected chi connectivity index (χ4v) is 2.38. The first-order valence-electron chi connectivity index (χ1n) is 6.77. The third-order valence-corrected chi connectivity index (χ3v) is 3.46. The monoisotopic (exact) mass is 382 g/mol. The molecule has 20 heavy (non-hydrogen) atoms. The predicted molar refractivity (Wildman–Crippen MR) is 75.2 cm³/mol. The average Bonchev–Trinajstić information content (AvgIpc) is 2.50. The van der Waals surface area contributed by atoms with Gasteiger partial charge < -0.3 is 33.6 Å². The zero-order valence-corrected chi connectivity index (χ0v) is 13.6. The van der Waals surface area contributed by atoms with E-state index in [0.29, 0.717) is 0 Å². The van der Waals surface area contributed by atoms with Crippen molar-refractivity contribution in [2.75, 3.05) is 31.2 Å². The van der Waals surface area contributed by atoms with Crippen LogP contribution in [0.1, 0.15) is 5.56 Å². The number of hydrogen-bond donors (Lipinski definition) is 0. The molecule has 0 aliphatic carbocycles. The number of morpholine rings is 1. The maximum absolute atomic E-state index is 5.38. The summed E-state index contributed by atoms with van der Waals surface area (Å²) in [4.78, 5) is 2.37. The van der Waals surface area contributed by atoms with E-state index in [0.717, 1.165) is 32.8 Å². The summed E-state index contributed by atoms with van der Waals surface area (Å²) in [6, 6.07) is 14.9. The van der Waals surface area contributed by atoms with E-state index in [1.165, 1.54) is 11.3 Å². The number of anilines is 1. The fraction of sp³-hybridized carbons (Fsp3) is 0.312. The van der Waals surface area contributed by atoms with Crippen molar-refractivity contribution in [3.05, 3.63) is 60.4 Å². The highest BCUT2D eigenvalue weighted by molar-refractivity contribution is 5.43. The van der Waals surface area contributed by atoms with Crippen LogP contribution >= 0.6 is 0 Å². The van der Waals surface area contributed by atoms with Gasteiger partial charge in [0.05, 0.1) is 13.2 Å². The number of nitrogens with zero attached hydrogens (tertiary/aromatic N) is 2. The largest absolute Gasteiger partial charge is 1.00 e. The first kappa shape index (κ1) is 15.3. The van der Waals surface area contributed by atoms with E-state index in [2.05, 4.69) is 64.3 Å². The summed E-state index contributed by atoms with van der Waals surface area (Å²) in [5, 5.41) is 0. The maximum Gasteiger partial charge on any atom is 0.173 e. The molecule has 0 radical (unpaired) electrons. The summed E-state index contributed by atoms with van der Waals surface area (Å²) in [6.07, 6.45) is 4.30. The van der Waals surface area contributed by atoms with Gasteiger partial charge in [-0.15, -0.1) is 0 Å². The molecule has 0 spiro atoms. The smallest absolute Gasteiger partial charge is 0.173 e. The van der Waals surface area contributed by atoms with Crippen LogP contribution < -0.4 is 33.4 Å². The maximum atomic E-state index is 5.38. The van der Waals surface area contributed by atoms with Gasteiger partial charge in [-0.1, -0.05) is 30.3 Å². The molecule has 0 saturated carbocycles. The minimum absolute atomic E-state index is 0. The van der Waals surface area contributed by atoms with Gasteiger partial charge in [-0.25, -0.2) is 4.57 Å². The summed E-state index contributed by atoms with van der Waals surface area (Å²) >= 11 is 0. The zero-order valence-electron chi connectivity index (χ0n) is 11.4. The minimum Gasteiger partial charge on any atom is -1.00 e. The van der Waals surface area contributed by atoms with Crippen LogP contribution in [0, 0.1) is 0 Å². The number of halogens is 1. The molecule has 1 aliphatic heterocycles. The van der Waals surface area contributed by atoms with E-state index in [1.54, 1.807) is 0 Å². The summed E-state index contributed by atoms with van der Waals surface area (Å²) in [7, 11) is 0. The Morgan fingerprint density at radius 3 is 2.25 bits per heavy atom. The van der Waals surface area contributed by atoms with Crippen molar-refractivity contribution < 1.29 is 33.3 Å².